The molecule has 2 heterocycles. The Bertz CT molecular complexity index is 913. The number of pyridine rings is 2. The number of benzene rings is 1. The lowest BCUT2D eigenvalue weighted by atomic mass is 9.97. The Morgan fingerprint density at radius 3 is 2.84 bits per heavy atom. The number of nitrogens with zero attached hydrogens (tertiary/aromatic N) is 2. The highest BCUT2D eigenvalue weighted by molar-refractivity contribution is 8.00. The number of rotatable bonds is 5. The van der Waals surface area contributed by atoms with E-state index in [1.807, 2.05) is 6.92 Å². The molecule has 0 amide bonds. The van der Waals surface area contributed by atoms with Crippen molar-refractivity contribution >= 4 is 42.5 Å². The third kappa shape index (κ3) is 4.43. The van der Waals surface area contributed by atoms with Gasteiger partial charge in [-0.2, -0.15) is 0 Å². The van der Waals surface area contributed by atoms with Gasteiger partial charge in [-0.1, -0.05) is 23.1 Å². The first-order valence-corrected chi connectivity index (χ1v) is 8.45. The van der Waals surface area contributed by atoms with E-state index in [0.717, 1.165) is 17.6 Å². The average molecular weight is 372 g/mol. The number of ether oxygens (including phenoxy) is 1. The minimum absolute atomic E-state index is 0.309. The monoisotopic (exact) mass is 371 g/mol. The van der Waals surface area contributed by atoms with Crippen LogP contribution < -0.4 is 14.9 Å². The summed E-state index contributed by atoms with van der Waals surface area (Å²) in [7, 11) is 5.56. The minimum Gasteiger partial charge on any atom is -0.435 e. The van der Waals surface area contributed by atoms with E-state index in [4.69, 9.17) is 24.2 Å². The number of hydrogen-bond donors (Lipinski definition) is 1. The summed E-state index contributed by atoms with van der Waals surface area (Å²) >= 11 is 7.09. The maximum Gasteiger partial charge on any atom is 0.243 e. The Morgan fingerprint density at radius 2 is 2.08 bits per heavy atom. The van der Waals surface area contributed by atoms with Crippen molar-refractivity contribution in [3.8, 4) is 11.6 Å². The SMILES string of the molecule is [B]c1ccc(SNc2cc(Cl)cnc2Oc2cccnc2C)c(F)c1. The predicted molar refractivity (Wildman–Crippen MR) is 99.6 cm³/mol. The maximum absolute atomic E-state index is 13.9. The van der Waals surface area contributed by atoms with Gasteiger partial charge in [0.25, 0.3) is 0 Å². The van der Waals surface area contributed by atoms with Crippen LogP contribution in [0.4, 0.5) is 10.1 Å². The fraction of sp³-hybridized carbons (Fsp3) is 0.0588. The van der Waals surface area contributed by atoms with Gasteiger partial charge in [-0.15, -0.1) is 0 Å². The molecule has 0 spiro atoms. The molecule has 3 aromatic rings. The highest BCUT2D eigenvalue weighted by atomic mass is 35.5. The lowest BCUT2D eigenvalue weighted by Crippen LogP contribution is -2.03. The van der Waals surface area contributed by atoms with Gasteiger partial charge in [-0.05, 0) is 49.2 Å². The van der Waals surface area contributed by atoms with Gasteiger partial charge >= 0.3 is 0 Å². The number of hydrogen-bond acceptors (Lipinski definition) is 5. The van der Waals surface area contributed by atoms with E-state index in [-0.39, 0.29) is 0 Å². The molecular formula is C17H12BClFN3OS. The Labute approximate surface area is 155 Å². The van der Waals surface area contributed by atoms with Gasteiger partial charge in [0.1, 0.15) is 19.4 Å². The smallest absolute Gasteiger partial charge is 0.243 e. The summed E-state index contributed by atoms with van der Waals surface area (Å²) < 4.78 is 22.7. The molecule has 0 atom stereocenters. The van der Waals surface area contributed by atoms with E-state index in [1.54, 1.807) is 36.5 Å². The van der Waals surface area contributed by atoms with Crippen LogP contribution in [0.25, 0.3) is 0 Å². The Morgan fingerprint density at radius 1 is 1.24 bits per heavy atom. The normalized spacial score (nSPS) is 10.5. The molecule has 1 aromatic carbocycles. The Hall–Kier alpha value is -2.25. The molecule has 4 nitrogen and oxygen atoms in total. The number of aryl methyl sites for hydroxylation is 1. The Balaban J connectivity index is 1.83. The summed E-state index contributed by atoms with van der Waals surface area (Å²) in [6.45, 7) is 1.83. The van der Waals surface area contributed by atoms with E-state index in [0.29, 0.717) is 32.7 Å². The average Bonchev–Trinajstić information content (AvgIpc) is 2.58. The van der Waals surface area contributed by atoms with E-state index in [2.05, 4.69) is 14.7 Å². The highest BCUT2D eigenvalue weighted by Crippen LogP contribution is 2.33. The largest absolute Gasteiger partial charge is 0.435 e. The van der Waals surface area contributed by atoms with Crippen LogP contribution in [0.15, 0.2) is 53.7 Å². The number of nitrogens with one attached hydrogen (secondary N) is 1. The molecule has 0 bridgehead atoms. The molecule has 2 aromatic heterocycles. The van der Waals surface area contributed by atoms with Crippen molar-refractivity contribution in [1.82, 2.24) is 9.97 Å². The summed E-state index contributed by atoms with van der Waals surface area (Å²) in [5, 5.41) is 0.427. The fourth-order valence-electron chi connectivity index (χ4n) is 1.97. The van der Waals surface area contributed by atoms with Crippen molar-refractivity contribution in [3.05, 3.63) is 65.3 Å². The molecule has 3 rings (SSSR count). The third-order valence-electron chi connectivity index (χ3n) is 3.21. The van der Waals surface area contributed by atoms with Crippen molar-refractivity contribution in [1.29, 1.82) is 0 Å². The second-order valence-corrected chi connectivity index (χ2v) is 6.37. The quantitative estimate of drug-likeness (QED) is 0.536. The van der Waals surface area contributed by atoms with Crippen LogP contribution in [0, 0.1) is 12.7 Å². The van der Waals surface area contributed by atoms with E-state index < -0.39 is 5.82 Å². The molecule has 0 aliphatic carbocycles. The third-order valence-corrected chi connectivity index (χ3v) is 4.29. The summed E-state index contributed by atoms with van der Waals surface area (Å²) in [6, 6.07) is 9.68. The molecule has 0 saturated heterocycles. The summed E-state index contributed by atoms with van der Waals surface area (Å²) in [5.74, 6) is 0.464. The first-order chi connectivity index (χ1) is 12.0. The standard InChI is InChI=1S/C17H12BClFN3OS/c1-10-15(3-2-6-21-10)24-17-14(8-12(19)9-22-17)23-25-16-5-4-11(18)7-13(16)20/h2-9,23H,1H3. The second kappa shape index (κ2) is 7.76. The summed E-state index contributed by atoms with van der Waals surface area (Å²) in [6.07, 6.45) is 3.15. The molecule has 1 N–H and O–H groups in total. The second-order valence-electron chi connectivity index (χ2n) is 5.09. The lowest BCUT2D eigenvalue weighted by Gasteiger charge is -2.13. The lowest BCUT2D eigenvalue weighted by molar-refractivity contribution is 0.459. The Kier molecular flexibility index (Phi) is 5.45. The van der Waals surface area contributed by atoms with Crippen LogP contribution in [-0.4, -0.2) is 17.8 Å². The van der Waals surface area contributed by atoms with Gasteiger partial charge in [-0.25, -0.2) is 9.37 Å². The topological polar surface area (TPSA) is 47.0 Å². The van der Waals surface area contributed by atoms with Crippen LogP contribution in [-0.2, 0) is 0 Å². The van der Waals surface area contributed by atoms with E-state index in [9.17, 15) is 4.39 Å². The molecule has 0 unspecified atom stereocenters. The zero-order valence-electron chi connectivity index (χ0n) is 13.2. The van der Waals surface area contributed by atoms with Crippen molar-refractivity contribution in [2.75, 3.05) is 4.72 Å². The van der Waals surface area contributed by atoms with Gasteiger partial charge in [0.15, 0.2) is 5.75 Å². The van der Waals surface area contributed by atoms with Crippen LogP contribution in [0.3, 0.4) is 0 Å². The number of anilines is 1. The first-order valence-electron chi connectivity index (χ1n) is 7.26. The first kappa shape index (κ1) is 17.6. The van der Waals surface area contributed by atoms with E-state index in [1.165, 1.54) is 12.3 Å². The highest BCUT2D eigenvalue weighted by Gasteiger charge is 2.11. The molecule has 2 radical (unpaired) electrons. The van der Waals surface area contributed by atoms with Gasteiger partial charge in [-0.3, -0.25) is 4.98 Å². The van der Waals surface area contributed by atoms with Crippen LogP contribution >= 0.6 is 23.5 Å². The zero-order chi connectivity index (χ0) is 17.8. The van der Waals surface area contributed by atoms with Crippen molar-refractivity contribution < 1.29 is 9.13 Å². The van der Waals surface area contributed by atoms with Crippen molar-refractivity contribution in [2.45, 2.75) is 11.8 Å². The molecule has 0 fully saturated rings. The zero-order valence-corrected chi connectivity index (χ0v) is 14.7. The maximum atomic E-state index is 13.9. The molecule has 124 valence electrons. The van der Waals surface area contributed by atoms with Gasteiger partial charge < -0.3 is 9.46 Å². The molecule has 0 saturated carbocycles. The van der Waals surface area contributed by atoms with Gasteiger partial charge in [0.2, 0.25) is 5.88 Å². The van der Waals surface area contributed by atoms with Gasteiger partial charge in [0, 0.05) is 12.4 Å². The summed E-state index contributed by atoms with van der Waals surface area (Å²) in [5.41, 5.74) is 1.60. The van der Waals surface area contributed by atoms with Gasteiger partial charge in [0.05, 0.1) is 15.6 Å². The van der Waals surface area contributed by atoms with Crippen LogP contribution in [0.5, 0.6) is 11.6 Å². The fourth-order valence-corrected chi connectivity index (χ4v) is 2.79. The molecule has 25 heavy (non-hydrogen) atoms. The summed E-state index contributed by atoms with van der Waals surface area (Å²) in [4.78, 5) is 8.75. The molecular weight excluding hydrogens is 360 g/mol. The molecule has 0 aliphatic rings. The minimum atomic E-state index is -0.418. The number of aromatic nitrogens is 2. The van der Waals surface area contributed by atoms with E-state index >= 15 is 0 Å². The number of halogens is 2. The van der Waals surface area contributed by atoms with Crippen LogP contribution in [0.2, 0.25) is 5.02 Å². The predicted octanol–water partition coefficient (Wildman–Crippen LogP) is 4.28. The van der Waals surface area contributed by atoms with Crippen LogP contribution in [0.1, 0.15) is 5.69 Å². The van der Waals surface area contributed by atoms with Crippen molar-refractivity contribution in [2.24, 2.45) is 0 Å². The van der Waals surface area contributed by atoms with Crippen molar-refractivity contribution in [3.63, 3.8) is 0 Å². The molecule has 0 aliphatic heterocycles. The molecule has 8 heteroatoms.